The minimum atomic E-state index is 0.125. The van der Waals surface area contributed by atoms with E-state index in [0.717, 1.165) is 37.9 Å². The Balaban J connectivity index is 1.91. The second kappa shape index (κ2) is 8.86. The van der Waals surface area contributed by atoms with Crippen LogP contribution in [0.4, 0.5) is 0 Å². The van der Waals surface area contributed by atoms with Crippen molar-refractivity contribution >= 4 is 11.8 Å². The van der Waals surface area contributed by atoms with E-state index in [-0.39, 0.29) is 17.7 Å². The monoisotopic (exact) mass is 330 g/mol. The topological polar surface area (TPSA) is 40.6 Å². The molecular formula is C20H30N2O2. The van der Waals surface area contributed by atoms with Gasteiger partial charge in [-0.3, -0.25) is 9.59 Å². The van der Waals surface area contributed by atoms with Crippen molar-refractivity contribution in [1.82, 2.24) is 9.80 Å². The summed E-state index contributed by atoms with van der Waals surface area (Å²) in [4.78, 5) is 29.0. The fraction of sp³-hybridized carbons (Fsp3) is 0.600. The molecule has 0 N–H and O–H groups in total. The number of carbonyl (C=O) groups is 2. The Labute approximate surface area is 145 Å². The number of aryl methyl sites for hydroxylation is 1. The molecule has 1 aromatic carbocycles. The summed E-state index contributed by atoms with van der Waals surface area (Å²) in [6, 6.07) is 8.13. The predicted octanol–water partition coefficient (Wildman–Crippen LogP) is 3.03. The zero-order valence-electron chi connectivity index (χ0n) is 15.3. The number of carbonyl (C=O) groups excluding carboxylic acids is 2. The molecule has 0 bridgehead atoms. The van der Waals surface area contributed by atoms with Gasteiger partial charge in [0.1, 0.15) is 0 Å². The lowest BCUT2D eigenvalue weighted by Gasteiger charge is -2.25. The van der Waals surface area contributed by atoms with Gasteiger partial charge < -0.3 is 9.80 Å². The molecule has 0 aliphatic carbocycles. The summed E-state index contributed by atoms with van der Waals surface area (Å²) >= 11 is 0. The molecule has 1 aromatic rings. The van der Waals surface area contributed by atoms with Gasteiger partial charge in [0.2, 0.25) is 11.8 Å². The quantitative estimate of drug-likeness (QED) is 0.832. The predicted molar refractivity (Wildman–Crippen MR) is 96.7 cm³/mol. The SMILES string of the molecule is CCC(CC)C(=O)N1CCCN(C(=O)Cc2ccc(C)cc2)CC1. The molecule has 2 amide bonds. The van der Waals surface area contributed by atoms with E-state index in [1.54, 1.807) is 0 Å². The molecule has 2 rings (SSSR count). The maximum absolute atomic E-state index is 12.6. The summed E-state index contributed by atoms with van der Waals surface area (Å²) in [7, 11) is 0. The van der Waals surface area contributed by atoms with Gasteiger partial charge in [-0.05, 0) is 31.7 Å². The molecule has 0 radical (unpaired) electrons. The molecule has 132 valence electrons. The van der Waals surface area contributed by atoms with Crippen LogP contribution < -0.4 is 0 Å². The van der Waals surface area contributed by atoms with Crippen LogP contribution in [-0.2, 0) is 16.0 Å². The Morgan fingerprint density at radius 2 is 1.54 bits per heavy atom. The van der Waals surface area contributed by atoms with Gasteiger partial charge in [-0.2, -0.15) is 0 Å². The molecule has 0 aromatic heterocycles. The molecule has 1 fully saturated rings. The van der Waals surface area contributed by atoms with E-state index in [9.17, 15) is 9.59 Å². The minimum absolute atomic E-state index is 0.125. The van der Waals surface area contributed by atoms with E-state index in [2.05, 4.69) is 13.8 Å². The van der Waals surface area contributed by atoms with Gasteiger partial charge in [-0.25, -0.2) is 0 Å². The Bertz CT molecular complexity index is 549. The second-order valence-electron chi connectivity index (χ2n) is 6.74. The Morgan fingerprint density at radius 1 is 0.958 bits per heavy atom. The van der Waals surface area contributed by atoms with Crippen molar-refractivity contribution in [2.45, 2.75) is 46.5 Å². The van der Waals surface area contributed by atoms with Crippen LogP contribution in [0.5, 0.6) is 0 Å². The number of nitrogens with zero attached hydrogens (tertiary/aromatic N) is 2. The molecule has 1 aliphatic heterocycles. The van der Waals surface area contributed by atoms with Crippen LogP contribution >= 0.6 is 0 Å². The molecule has 0 unspecified atom stereocenters. The highest BCUT2D eigenvalue weighted by Crippen LogP contribution is 2.15. The normalized spacial score (nSPS) is 15.5. The number of hydrogen-bond donors (Lipinski definition) is 0. The van der Waals surface area contributed by atoms with E-state index < -0.39 is 0 Å². The Morgan fingerprint density at radius 3 is 2.17 bits per heavy atom. The number of hydrogen-bond acceptors (Lipinski definition) is 2. The molecule has 0 spiro atoms. The van der Waals surface area contributed by atoms with Crippen molar-refractivity contribution in [2.75, 3.05) is 26.2 Å². The van der Waals surface area contributed by atoms with Crippen molar-refractivity contribution in [1.29, 1.82) is 0 Å². The average Bonchev–Trinajstić information content (AvgIpc) is 2.84. The van der Waals surface area contributed by atoms with Crippen molar-refractivity contribution in [3.05, 3.63) is 35.4 Å². The fourth-order valence-electron chi connectivity index (χ4n) is 3.28. The van der Waals surface area contributed by atoms with Crippen molar-refractivity contribution in [3.63, 3.8) is 0 Å². The average molecular weight is 330 g/mol. The third-order valence-electron chi connectivity index (χ3n) is 4.97. The van der Waals surface area contributed by atoms with Gasteiger partial charge in [0.05, 0.1) is 6.42 Å². The first-order valence-electron chi connectivity index (χ1n) is 9.17. The van der Waals surface area contributed by atoms with E-state index in [4.69, 9.17) is 0 Å². The molecule has 1 saturated heterocycles. The van der Waals surface area contributed by atoms with Gasteiger partial charge in [0.25, 0.3) is 0 Å². The Hall–Kier alpha value is -1.84. The number of amides is 2. The van der Waals surface area contributed by atoms with Crippen molar-refractivity contribution in [2.24, 2.45) is 5.92 Å². The van der Waals surface area contributed by atoms with Crippen molar-refractivity contribution < 1.29 is 9.59 Å². The van der Waals surface area contributed by atoms with Gasteiger partial charge in [-0.15, -0.1) is 0 Å². The first kappa shape index (κ1) is 18.5. The summed E-state index contributed by atoms with van der Waals surface area (Å²) in [5, 5.41) is 0. The van der Waals surface area contributed by atoms with Crippen molar-refractivity contribution in [3.8, 4) is 0 Å². The van der Waals surface area contributed by atoms with Crippen LogP contribution in [0.2, 0.25) is 0 Å². The standard InChI is InChI=1S/C20H30N2O2/c1-4-18(5-2)20(24)22-12-6-11-21(13-14-22)19(23)15-17-9-7-16(3)8-10-17/h7-10,18H,4-6,11-15H2,1-3H3. The summed E-state index contributed by atoms with van der Waals surface area (Å²) in [6.07, 6.45) is 3.09. The zero-order chi connectivity index (χ0) is 17.5. The lowest BCUT2D eigenvalue weighted by Crippen LogP contribution is -2.40. The Kier molecular flexibility index (Phi) is 6.83. The van der Waals surface area contributed by atoms with E-state index >= 15 is 0 Å². The highest BCUT2D eigenvalue weighted by Gasteiger charge is 2.25. The fourth-order valence-corrected chi connectivity index (χ4v) is 3.28. The van der Waals surface area contributed by atoms with Crippen LogP contribution in [-0.4, -0.2) is 47.8 Å². The van der Waals surface area contributed by atoms with E-state index in [1.807, 2.05) is 41.0 Å². The van der Waals surface area contributed by atoms with Crippen LogP contribution in [0.15, 0.2) is 24.3 Å². The van der Waals surface area contributed by atoms with E-state index in [1.165, 1.54) is 5.56 Å². The first-order valence-corrected chi connectivity index (χ1v) is 9.17. The van der Waals surface area contributed by atoms with Gasteiger partial charge in [0, 0.05) is 32.1 Å². The van der Waals surface area contributed by atoms with Crippen LogP contribution in [0.1, 0.15) is 44.2 Å². The molecule has 0 saturated carbocycles. The maximum Gasteiger partial charge on any atom is 0.227 e. The summed E-state index contributed by atoms with van der Waals surface area (Å²) in [5.41, 5.74) is 2.26. The highest BCUT2D eigenvalue weighted by molar-refractivity contribution is 5.80. The molecule has 24 heavy (non-hydrogen) atoms. The highest BCUT2D eigenvalue weighted by atomic mass is 16.2. The smallest absolute Gasteiger partial charge is 0.227 e. The lowest BCUT2D eigenvalue weighted by molar-refractivity contribution is -0.136. The largest absolute Gasteiger partial charge is 0.341 e. The van der Waals surface area contributed by atoms with Crippen LogP contribution in [0, 0.1) is 12.8 Å². The van der Waals surface area contributed by atoms with Crippen LogP contribution in [0.25, 0.3) is 0 Å². The maximum atomic E-state index is 12.6. The summed E-state index contributed by atoms with van der Waals surface area (Å²) in [6.45, 7) is 9.01. The molecular weight excluding hydrogens is 300 g/mol. The molecule has 1 heterocycles. The van der Waals surface area contributed by atoms with Crippen LogP contribution in [0.3, 0.4) is 0 Å². The molecule has 0 atom stereocenters. The minimum Gasteiger partial charge on any atom is -0.341 e. The third-order valence-corrected chi connectivity index (χ3v) is 4.97. The number of benzene rings is 1. The lowest BCUT2D eigenvalue weighted by atomic mass is 10.0. The summed E-state index contributed by atoms with van der Waals surface area (Å²) < 4.78 is 0. The molecule has 4 nitrogen and oxygen atoms in total. The van der Waals surface area contributed by atoms with Gasteiger partial charge in [-0.1, -0.05) is 43.7 Å². The molecule has 1 aliphatic rings. The summed E-state index contributed by atoms with van der Waals surface area (Å²) in [5.74, 6) is 0.545. The van der Waals surface area contributed by atoms with E-state index in [0.29, 0.717) is 19.5 Å². The first-order chi connectivity index (χ1) is 11.5. The number of rotatable bonds is 5. The van der Waals surface area contributed by atoms with Gasteiger partial charge >= 0.3 is 0 Å². The second-order valence-corrected chi connectivity index (χ2v) is 6.74. The third kappa shape index (κ3) is 4.83. The van der Waals surface area contributed by atoms with Gasteiger partial charge in [0.15, 0.2) is 0 Å². The molecule has 4 heteroatoms. The zero-order valence-corrected chi connectivity index (χ0v) is 15.3.